The fourth-order valence-electron chi connectivity index (χ4n) is 5.17. The molecule has 1 saturated heterocycles. The van der Waals surface area contributed by atoms with Crippen LogP contribution in [0.25, 0.3) is 21.5 Å². The van der Waals surface area contributed by atoms with Crippen molar-refractivity contribution in [1.82, 2.24) is 0 Å². The summed E-state index contributed by atoms with van der Waals surface area (Å²) < 4.78 is 10.3. The number of quaternary nitrogens is 1. The second-order valence-corrected chi connectivity index (χ2v) is 7.86. The van der Waals surface area contributed by atoms with Crippen molar-refractivity contribution in [2.75, 3.05) is 20.8 Å². The Bertz CT molecular complexity index is 1110. The second kappa shape index (κ2) is 5.98. The molecule has 2 N–H and O–H groups in total. The summed E-state index contributed by atoms with van der Waals surface area (Å²) in [6.07, 6.45) is 0.745. The Morgan fingerprint density at radius 2 is 1.82 bits per heavy atom. The van der Waals surface area contributed by atoms with Crippen molar-refractivity contribution in [1.29, 1.82) is 0 Å². The number of hydroxylamine groups is 3. The van der Waals surface area contributed by atoms with Crippen molar-refractivity contribution >= 4 is 21.5 Å². The van der Waals surface area contributed by atoms with Gasteiger partial charge in [0.1, 0.15) is 24.4 Å². The number of aromatic hydroxyl groups is 1. The van der Waals surface area contributed by atoms with Crippen LogP contribution >= 0.6 is 0 Å². The molecule has 6 nitrogen and oxygen atoms in total. The molecule has 3 unspecified atom stereocenters. The molecule has 2 aliphatic rings. The number of hydrogen-bond acceptors (Lipinski definition) is 5. The first-order valence-corrected chi connectivity index (χ1v) is 9.56. The summed E-state index contributed by atoms with van der Waals surface area (Å²) in [6.45, 7) is 0.849. The van der Waals surface area contributed by atoms with Gasteiger partial charge in [0.15, 0.2) is 11.5 Å². The fourth-order valence-corrected chi connectivity index (χ4v) is 5.17. The van der Waals surface area contributed by atoms with Gasteiger partial charge >= 0.3 is 0 Å². The highest BCUT2D eigenvalue weighted by Gasteiger charge is 2.46. The first-order chi connectivity index (χ1) is 13.5. The van der Waals surface area contributed by atoms with Gasteiger partial charge in [0.25, 0.3) is 0 Å². The van der Waals surface area contributed by atoms with Gasteiger partial charge in [0, 0.05) is 24.0 Å². The first-order valence-electron chi connectivity index (χ1n) is 9.56. The second-order valence-electron chi connectivity index (χ2n) is 7.86. The van der Waals surface area contributed by atoms with Crippen molar-refractivity contribution in [3.05, 3.63) is 46.7 Å². The molecule has 2 heterocycles. The van der Waals surface area contributed by atoms with E-state index in [0.717, 1.165) is 45.5 Å². The molecule has 146 valence electrons. The molecular formula is C22H23NO5. The summed E-state index contributed by atoms with van der Waals surface area (Å²) in [4.78, 5) is 0. The molecule has 0 radical (unpaired) electrons. The van der Waals surface area contributed by atoms with Gasteiger partial charge in [0.2, 0.25) is 0 Å². The van der Waals surface area contributed by atoms with Gasteiger partial charge in [-0.3, -0.25) is 0 Å². The molecular weight excluding hydrogens is 358 g/mol. The summed E-state index contributed by atoms with van der Waals surface area (Å²) in [7, 11) is 3.11. The monoisotopic (exact) mass is 381 g/mol. The van der Waals surface area contributed by atoms with Crippen molar-refractivity contribution in [2.45, 2.75) is 31.5 Å². The Morgan fingerprint density at radius 1 is 1.04 bits per heavy atom. The zero-order chi connectivity index (χ0) is 19.6. The zero-order valence-corrected chi connectivity index (χ0v) is 15.9. The van der Waals surface area contributed by atoms with Crippen LogP contribution in [0.15, 0.2) is 30.3 Å². The maximum absolute atomic E-state index is 13.4. The molecule has 0 amide bonds. The third-order valence-corrected chi connectivity index (χ3v) is 6.50. The van der Waals surface area contributed by atoms with Crippen LogP contribution < -0.4 is 9.47 Å². The van der Waals surface area contributed by atoms with Crippen LogP contribution in [0.2, 0.25) is 0 Å². The molecule has 0 saturated carbocycles. The molecule has 2 aliphatic heterocycles. The average Bonchev–Trinajstić information content (AvgIpc) is 3.09. The van der Waals surface area contributed by atoms with Crippen molar-refractivity contribution in [3.63, 3.8) is 0 Å². The van der Waals surface area contributed by atoms with E-state index in [1.54, 1.807) is 19.2 Å². The summed E-state index contributed by atoms with van der Waals surface area (Å²) in [6, 6.07) is 8.85. The third-order valence-electron chi connectivity index (χ3n) is 6.50. The highest BCUT2D eigenvalue weighted by atomic mass is 16.6. The Labute approximate surface area is 162 Å². The van der Waals surface area contributed by atoms with Gasteiger partial charge < -0.3 is 29.5 Å². The molecule has 3 atom stereocenters. The molecule has 3 aromatic rings. The molecule has 6 heteroatoms. The maximum atomic E-state index is 13.4. The number of hydrogen-bond donors (Lipinski definition) is 2. The average molecular weight is 381 g/mol. The molecule has 0 bridgehead atoms. The maximum Gasteiger partial charge on any atom is 0.161 e. The Hall–Kier alpha value is -2.54. The number of benzene rings is 3. The molecule has 0 spiro atoms. The van der Waals surface area contributed by atoms with Crippen LogP contribution in [0.5, 0.6) is 17.2 Å². The number of phenolic OH excluding ortho intramolecular Hbond substituents is 1. The van der Waals surface area contributed by atoms with Crippen molar-refractivity contribution in [3.8, 4) is 17.2 Å². The van der Waals surface area contributed by atoms with Crippen LogP contribution in [-0.2, 0) is 6.54 Å². The van der Waals surface area contributed by atoms with Gasteiger partial charge in [-0.15, -0.1) is 0 Å². The van der Waals surface area contributed by atoms with Crippen molar-refractivity contribution < 1.29 is 24.3 Å². The van der Waals surface area contributed by atoms with Gasteiger partial charge in [-0.1, -0.05) is 6.07 Å². The standard InChI is InChI=1S/C22H23NO5/c1-27-12-5-6-13-14(8-12)15-9-19(24)20(28-2)10-16(15)17-11-23(26)7-3-4-18(23)22(25)21(13)17/h5-6,8-10,18,22,24-25H,3-4,7,11H2,1-2H3. The van der Waals surface area contributed by atoms with E-state index in [2.05, 4.69) is 0 Å². The van der Waals surface area contributed by atoms with Crippen LogP contribution in [-0.4, -0.2) is 41.7 Å². The van der Waals surface area contributed by atoms with E-state index in [1.165, 1.54) is 7.11 Å². The number of aliphatic hydroxyl groups is 1. The lowest BCUT2D eigenvalue weighted by Crippen LogP contribution is -2.51. The normalized spacial score (nSPS) is 26.3. The number of rotatable bonds is 2. The van der Waals surface area contributed by atoms with Gasteiger partial charge in [-0.25, -0.2) is 0 Å². The minimum Gasteiger partial charge on any atom is -0.632 e. The number of nitrogens with zero attached hydrogens (tertiary/aromatic N) is 1. The molecule has 3 aromatic carbocycles. The van der Waals surface area contributed by atoms with Crippen LogP contribution in [0.3, 0.4) is 0 Å². The van der Waals surface area contributed by atoms with Gasteiger partial charge in [-0.05, 0) is 45.8 Å². The summed E-state index contributed by atoms with van der Waals surface area (Å²) in [5.74, 6) is 1.09. The molecule has 5 rings (SSSR count). The fraction of sp³-hybridized carbons (Fsp3) is 0.364. The lowest BCUT2D eigenvalue weighted by atomic mass is 9.83. The smallest absolute Gasteiger partial charge is 0.161 e. The molecule has 0 aliphatic carbocycles. The predicted molar refractivity (Wildman–Crippen MR) is 106 cm³/mol. The van der Waals surface area contributed by atoms with Crippen LogP contribution in [0.1, 0.15) is 30.1 Å². The topological polar surface area (TPSA) is 82.0 Å². The third kappa shape index (κ3) is 2.25. The van der Waals surface area contributed by atoms with E-state index in [4.69, 9.17) is 9.47 Å². The van der Waals surface area contributed by atoms with Crippen molar-refractivity contribution in [2.24, 2.45) is 0 Å². The molecule has 1 fully saturated rings. The van der Waals surface area contributed by atoms with Gasteiger partial charge in [0.05, 0.1) is 20.8 Å². The largest absolute Gasteiger partial charge is 0.632 e. The molecule has 0 aromatic heterocycles. The Morgan fingerprint density at radius 3 is 2.57 bits per heavy atom. The van der Waals surface area contributed by atoms with E-state index >= 15 is 0 Å². The first kappa shape index (κ1) is 17.6. The number of aliphatic hydroxyl groups excluding tert-OH is 1. The Kier molecular flexibility index (Phi) is 3.75. The Balaban J connectivity index is 1.93. The van der Waals surface area contributed by atoms with Crippen LogP contribution in [0.4, 0.5) is 0 Å². The lowest BCUT2D eigenvalue weighted by molar-refractivity contribution is -0.912. The number of phenols is 1. The predicted octanol–water partition coefficient (Wildman–Crippen LogP) is 3.74. The summed E-state index contributed by atoms with van der Waals surface area (Å²) in [5.41, 5.74) is 1.68. The molecule has 28 heavy (non-hydrogen) atoms. The number of methoxy groups -OCH3 is 2. The quantitative estimate of drug-likeness (QED) is 0.401. The minimum atomic E-state index is -0.816. The number of ether oxygens (including phenoxy) is 2. The highest BCUT2D eigenvalue weighted by molar-refractivity contribution is 6.12. The van der Waals surface area contributed by atoms with E-state index in [0.29, 0.717) is 24.6 Å². The van der Waals surface area contributed by atoms with E-state index < -0.39 is 6.10 Å². The van der Waals surface area contributed by atoms with Gasteiger partial charge in [-0.2, -0.15) is 0 Å². The van der Waals surface area contributed by atoms with E-state index in [1.807, 2.05) is 18.2 Å². The highest BCUT2D eigenvalue weighted by Crippen LogP contribution is 2.49. The zero-order valence-electron chi connectivity index (χ0n) is 15.9. The van der Waals surface area contributed by atoms with Crippen LogP contribution in [0, 0.1) is 5.21 Å². The SMILES string of the molecule is COc1ccc2c3c(c4cc(OC)c(O)cc4c2c1)C[N+]1([O-])CCCC1C3O. The number of fused-ring (bicyclic) bond motifs is 7. The lowest BCUT2D eigenvalue weighted by Gasteiger charge is -2.50. The summed E-state index contributed by atoms with van der Waals surface area (Å²) >= 11 is 0. The van der Waals surface area contributed by atoms with E-state index in [9.17, 15) is 15.4 Å². The van der Waals surface area contributed by atoms with E-state index in [-0.39, 0.29) is 16.4 Å². The minimum absolute atomic E-state index is 0.0421. The summed E-state index contributed by atoms with van der Waals surface area (Å²) in [5, 5.41) is 38.5.